The predicted molar refractivity (Wildman–Crippen MR) is 78.8 cm³/mol. The number of carboxylic acid groups (broad SMARTS) is 1. The second kappa shape index (κ2) is 7.13. The third-order valence-electron chi connectivity index (χ3n) is 3.60. The van der Waals surface area contributed by atoms with E-state index in [1.54, 1.807) is 12.1 Å². The fraction of sp³-hybridized carbons (Fsp3) is 0.500. The summed E-state index contributed by atoms with van der Waals surface area (Å²) in [5, 5.41) is 13.7. The first-order valence-electron chi connectivity index (χ1n) is 6.33. The first-order chi connectivity index (χ1) is 8.95. The molecule has 106 valence electrons. The molecule has 1 rings (SSSR count). The summed E-state index contributed by atoms with van der Waals surface area (Å²) in [4.78, 5) is 11.4. The molecule has 0 aromatic heterocycles. The molecule has 0 aliphatic carbocycles. The number of hydrogen-bond acceptors (Lipinski definition) is 2. The Morgan fingerprint density at radius 2 is 1.95 bits per heavy atom. The molecule has 0 fully saturated rings. The molecule has 3 nitrogen and oxygen atoms in total. The molecule has 1 aromatic carbocycles. The molecule has 0 heterocycles. The van der Waals surface area contributed by atoms with Crippen molar-refractivity contribution in [3.05, 3.63) is 33.8 Å². The fourth-order valence-corrected chi connectivity index (χ4v) is 2.45. The van der Waals surface area contributed by atoms with Crippen molar-refractivity contribution in [2.75, 3.05) is 6.54 Å². The molecule has 1 aromatic rings. The number of benzene rings is 1. The number of nitrogens with one attached hydrogen (secondary N) is 1. The van der Waals surface area contributed by atoms with Gasteiger partial charge in [-0.15, -0.1) is 0 Å². The lowest BCUT2D eigenvalue weighted by molar-refractivity contribution is -0.149. The van der Waals surface area contributed by atoms with Crippen LogP contribution in [0.25, 0.3) is 0 Å². The van der Waals surface area contributed by atoms with Crippen LogP contribution in [0, 0.1) is 5.41 Å². The smallest absolute Gasteiger partial charge is 0.310 e. The van der Waals surface area contributed by atoms with E-state index in [9.17, 15) is 9.90 Å². The second-order valence-corrected chi connectivity index (χ2v) is 5.48. The summed E-state index contributed by atoms with van der Waals surface area (Å²) in [5.41, 5.74) is 0.205. The molecule has 2 N–H and O–H groups in total. The Labute approximate surface area is 123 Å². The van der Waals surface area contributed by atoms with E-state index in [0.717, 1.165) is 5.56 Å². The Morgan fingerprint density at radius 3 is 2.42 bits per heavy atom. The van der Waals surface area contributed by atoms with Crippen LogP contribution in [0.4, 0.5) is 0 Å². The van der Waals surface area contributed by atoms with Crippen LogP contribution in [-0.2, 0) is 11.3 Å². The molecule has 0 atom stereocenters. The molecule has 0 amide bonds. The van der Waals surface area contributed by atoms with Gasteiger partial charge in [0, 0.05) is 23.1 Å². The zero-order chi connectivity index (χ0) is 14.5. The highest BCUT2D eigenvalue weighted by molar-refractivity contribution is 6.35. The second-order valence-electron chi connectivity index (χ2n) is 4.63. The molecular formula is C14H19Cl2NO2. The van der Waals surface area contributed by atoms with Crippen LogP contribution in [0.1, 0.15) is 32.3 Å². The molecule has 0 unspecified atom stereocenters. The van der Waals surface area contributed by atoms with Crippen LogP contribution in [0.3, 0.4) is 0 Å². The summed E-state index contributed by atoms with van der Waals surface area (Å²) in [7, 11) is 0. The maximum absolute atomic E-state index is 11.4. The van der Waals surface area contributed by atoms with Gasteiger partial charge in [0.05, 0.1) is 5.41 Å². The highest BCUT2D eigenvalue weighted by atomic mass is 35.5. The highest BCUT2D eigenvalue weighted by Crippen LogP contribution is 2.26. The van der Waals surface area contributed by atoms with Gasteiger partial charge >= 0.3 is 5.97 Å². The van der Waals surface area contributed by atoms with E-state index in [0.29, 0.717) is 36.0 Å². The minimum absolute atomic E-state index is 0.425. The zero-order valence-corrected chi connectivity index (χ0v) is 12.7. The van der Waals surface area contributed by atoms with Crippen LogP contribution in [0.15, 0.2) is 18.2 Å². The van der Waals surface area contributed by atoms with Gasteiger partial charge in [0.15, 0.2) is 0 Å². The van der Waals surface area contributed by atoms with E-state index in [-0.39, 0.29) is 0 Å². The van der Waals surface area contributed by atoms with Gasteiger partial charge in [0.25, 0.3) is 0 Å². The Morgan fingerprint density at radius 1 is 1.32 bits per heavy atom. The van der Waals surface area contributed by atoms with E-state index < -0.39 is 11.4 Å². The summed E-state index contributed by atoms with van der Waals surface area (Å²) < 4.78 is 0. The largest absolute Gasteiger partial charge is 0.481 e. The van der Waals surface area contributed by atoms with Crippen molar-refractivity contribution in [2.24, 2.45) is 5.41 Å². The Balaban J connectivity index is 2.64. The van der Waals surface area contributed by atoms with Crippen molar-refractivity contribution in [3.8, 4) is 0 Å². The normalized spacial score (nSPS) is 11.6. The minimum Gasteiger partial charge on any atom is -0.481 e. The van der Waals surface area contributed by atoms with E-state index in [1.165, 1.54) is 0 Å². The summed E-state index contributed by atoms with van der Waals surface area (Å²) in [6, 6.07) is 5.30. The lowest BCUT2D eigenvalue weighted by atomic mass is 9.82. The monoisotopic (exact) mass is 303 g/mol. The standard InChI is InChI=1S/C14H19Cl2NO2/c1-3-14(4-2,13(18)19)9-17-8-10-5-6-11(15)7-12(10)16/h5-7,17H,3-4,8-9H2,1-2H3,(H,18,19). The van der Waals surface area contributed by atoms with E-state index in [4.69, 9.17) is 23.2 Å². The van der Waals surface area contributed by atoms with Crippen molar-refractivity contribution in [1.29, 1.82) is 0 Å². The van der Waals surface area contributed by atoms with Gasteiger partial charge < -0.3 is 10.4 Å². The van der Waals surface area contributed by atoms with Crippen LogP contribution in [0.2, 0.25) is 10.0 Å². The van der Waals surface area contributed by atoms with Gasteiger partial charge in [-0.3, -0.25) is 4.79 Å². The van der Waals surface area contributed by atoms with Gasteiger partial charge in [-0.2, -0.15) is 0 Å². The topological polar surface area (TPSA) is 49.3 Å². The fourth-order valence-electron chi connectivity index (χ4n) is 1.98. The van der Waals surface area contributed by atoms with Crippen molar-refractivity contribution in [3.63, 3.8) is 0 Å². The number of halogens is 2. The van der Waals surface area contributed by atoms with Gasteiger partial charge in [0.2, 0.25) is 0 Å². The quantitative estimate of drug-likeness (QED) is 0.801. The van der Waals surface area contributed by atoms with Crippen molar-refractivity contribution in [2.45, 2.75) is 33.2 Å². The Hall–Kier alpha value is -0.770. The molecule has 0 aliphatic rings. The number of carbonyl (C=O) groups is 1. The van der Waals surface area contributed by atoms with Crippen molar-refractivity contribution >= 4 is 29.2 Å². The lowest BCUT2D eigenvalue weighted by Crippen LogP contribution is -2.40. The Kier molecular flexibility index (Phi) is 6.11. The predicted octanol–water partition coefficient (Wildman–Crippen LogP) is 3.97. The average Bonchev–Trinajstić information content (AvgIpc) is 2.37. The molecule has 5 heteroatoms. The van der Waals surface area contributed by atoms with Crippen LogP contribution in [-0.4, -0.2) is 17.6 Å². The summed E-state index contributed by atoms with van der Waals surface area (Å²) in [5.74, 6) is -0.757. The van der Waals surface area contributed by atoms with Gasteiger partial charge in [-0.25, -0.2) is 0 Å². The molecule has 0 spiro atoms. The number of carboxylic acids is 1. The molecule has 0 saturated carbocycles. The first kappa shape index (κ1) is 16.3. The minimum atomic E-state index is -0.757. The number of rotatable bonds is 7. The van der Waals surface area contributed by atoms with Gasteiger partial charge in [-0.1, -0.05) is 43.1 Å². The van der Waals surface area contributed by atoms with Gasteiger partial charge in [0.1, 0.15) is 0 Å². The molecular weight excluding hydrogens is 285 g/mol. The molecule has 0 aliphatic heterocycles. The summed E-state index contributed by atoms with van der Waals surface area (Å²) in [6.45, 7) is 4.75. The summed E-state index contributed by atoms with van der Waals surface area (Å²) >= 11 is 11.9. The van der Waals surface area contributed by atoms with Crippen LogP contribution in [0.5, 0.6) is 0 Å². The van der Waals surface area contributed by atoms with E-state index in [2.05, 4.69) is 5.32 Å². The Bertz CT molecular complexity index is 445. The van der Waals surface area contributed by atoms with Crippen LogP contribution >= 0.6 is 23.2 Å². The SMILES string of the molecule is CCC(CC)(CNCc1ccc(Cl)cc1Cl)C(=O)O. The molecule has 0 bridgehead atoms. The first-order valence-corrected chi connectivity index (χ1v) is 7.09. The third kappa shape index (κ3) is 4.10. The van der Waals surface area contributed by atoms with Crippen molar-refractivity contribution in [1.82, 2.24) is 5.32 Å². The maximum atomic E-state index is 11.4. The maximum Gasteiger partial charge on any atom is 0.310 e. The molecule has 0 radical (unpaired) electrons. The zero-order valence-electron chi connectivity index (χ0n) is 11.2. The average molecular weight is 304 g/mol. The van der Waals surface area contributed by atoms with Crippen molar-refractivity contribution < 1.29 is 9.90 Å². The number of aliphatic carboxylic acids is 1. The summed E-state index contributed by atoms with van der Waals surface area (Å²) in [6.07, 6.45) is 1.19. The number of hydrogen-bond donors (Lipinski definition) is 2. The van der Waals surface area contributed by atoms with Gasteiger partial charge in [-0.05, 0) is 30.5 Å². The lowest BCUT2D eigenvalue weighted by Gasteiger charge is -2.27. The molecule has 19 heavy (non-hydrogen) atoms. The highest BCUT2D eigenvalue weighted by Gasteiger charge is 2.34. The van der Waals surface area contributed by atoms with E-state index >= 15 is 0 Å². The molecule has 0 saturated heterocycles. The van der Waals surface area contributed by atoms with E-state index in [1.807, 2.05) is 19.9 Å². The van der Waals surface area contributed by atoms with Crippen LogP contribution < -0.4 is 5.32 Å². The third-order valence-corrected chi connectivity index (χ3v) is 4.19.